The second-order valence-electron chi connectivity index (χ2n) is 4.41. The zero-order valence-corrected chi connectivity index (χ0v) is 9.41. The van der Waals surface area contributed by atoms with Crippen LogP contribution in [0.4, 0.5) is 0 Å². The Balaban J connectivity index is 2.32. The predicted octanol–water partition coefficient (Wildman–Crippen LogP) is 0.248. The third-order valence-corrected chi connectivity index (χ3v) is 3.43. The molecule has 1 saturated carbocycles. The van der Waals surface area contributed by atoms with Crippen molar-refractivity contribution in [3.05, 3.63) is 0 Å². The fourth-order valence-electron chi connectivity index (χ4n) is 2.36. The highest BCUT2D eigenvalue weighted by Gasteiger charge is 2.27. The molecule has 0 bridgehead atoms. The molecule has 0 aliphatic heterocycles. The second kappa shape index (κ2) is 6.08. The van der Waals surface area contributed by atoms with E-state index in [0.29, 0.717) is 11.8 Å². The Morgan fingerprint density at radius 1 is 1.53 bits per heavy atom. The van der Waals surface area contributed by atoms with Crippen LogP contribution >= 0.6 is 0 Å². The lowest BCUT2D eigenvalue weighted by atomic mass is 9.96. The molecule has 0 aromatic rings. The van der Waals surface area contributed by atoms with Crippen LogP contribution in [0, 0.1) is 11.8 Å². The lowest BCUT2D eigenvalue weighted by molar-refractivity contribution is -0.120. The van der Waals surface area contributed by atoms with Crippen molar-refractivity contribution in [1.82, 2.24) is 5.32 Å². The van der Waals surface area contributed by atoms with E-state index in [1.807, 2.05) is 6.92 Å². The monoisotopic (exact) mass is 214 g/mol. The van der Waals surface area contributed by atoms with Crippen LogP contribution in [0.2, 0.25) is 0 Å². The van der Waals surface area contributed by atoms with Crippen molar-refractivity contribution in [3.8, 4) is 0 Å². The zero-order valence-electron chi connectivity index (χ0n) is 9.41. The van der Waals surface area contributed by atoms with E-state index in [4.69, 9.17) is 10.8 Å². The fourth-order valence-corrected chi connectivity index (χ4v) is 2.36. The van der Waals surface area contributed by atoms with Crippen LogP contribution in [-0.2, 0) is 4.79 Å². The van der Waals surface area contributed by atoms with Crippen molar-refractivity contribution in [1.29, 1.82) is 0 Å². The van der Waals surface area contributed by atoms with Crippen LogP contribution in [0.3, 0.4) is 0 Å². The summed E-state index contributed by atoms with van der Waals surface area (Å²) in [6, 6.07) is -0.218. The van der Waals surface area contributed by atoms with Crippen LogP contribution in [0.15, 0.2) is 0 Å². The molecule has 0 aromatic heterocycles. The Bertz CT molecular complexity index is 209. The summed E-state index contributed by atoms with van der Waals surface area (Å²) in [4.78, 5) is 11.0. The van der Waals surface area contributed by atoms with Gasteiger partial charge >= 0.3 is 0 Å². The van der Waals surface area contributed by atoms with Crippen LogP contribution in [0.5, 0.6) is 0 Å². The first-order chi connectivity index (χ1) is 7.19. The van der Waals surface area contributed by atoms with E-state index in [1.165, 1.54) is 6.42 Å². The molecule has 15 heavy (non-hydrogen) atoms. The Morgan fingerprint density at radius 2 is 2.20 bits per heavy atom. The fraction of sp³-hybridized carbons (Fsp3) is 0.909. The lowest BCUT2D eigenvalue weighted by Gasteiger charge is -2.20. The molecule has 1 fully saturated rings. The van der Waals surface area contributed by atoms with E-state index in [1.54, 1.807) is 0 Å². The van der Waals surface area contributed by atoms with Crippen LogP contribution < -0.4 is 11.1 Å². The van der Waals surface area contributed by atoms with Gasteiger partial charge in [-0.15, -0.1) is 0 Å². The summed E-state index contributed by atoms with van der Waals surface area (Å²) in [7, 11) is 0. The third-order valence-electron chi connectivity index (χ3n) is 3.43. The molecule has 0 heterocycles. The smallest absolute Gasteiger partial charge is 0.234 e. The topological polar surface area (TPSA) is 75.3 Å². The first-order valence-corrected chi connectivity index (χ1v) is 5.82. The molecule has 0 saturated heterocycles. The van der Waals surface area contributed by atoms with Crippen molar-refractivity contribution in [3.63, 3.8) is 0 Å². The molecular formula is C11H22N2O2. The molecular weight excluding hydrogens is 192 g/mol. The number of carbonyl (C=O) groups is 1. The van der Waals surface area contributed by atoms with Gasteiger partial charge in [-0.05, 0) is 37.6 Å². The van der Waals surface area contributed by atoms with E-state index in [2.05, 4.69) is 5.32 Å². The third kappa shape index (κ3) is 3.47. The average Bonchev–Trinajstić information content (AvgIpc) is 2.65. The van der Waals surface area contributed by atoms with Crippen molar-refractivity contribution in [2.75, 3.05) is 13.2 Å². The largest absolute Gasteiger partial charge is 0.396 e. The average molecular weight is 214 g/mol. The van der Waals surface area contributed by atoms with Gasteiger partial charge in [0.1, 0.15) is 0 Å². The minimum atomic E-state index is -0.281. The summed E-state index contributed by atoms with van der Waals surface area (Å²) in [5.41, 5.74) is 5.25. The molecule has 3 atom stereocenters. The maximum atomic E-state index is 11.0. The number of aliphatic hydroxyl groups excluding tert-OH is 1. The number of carbonyl (C=O) groups excluding carboxylic acids is 1. The summed E-state index contributed by atoms with van der Waals surface area (Å²) in [5.74, 6) is 0.627. The van der Waals surface area contributed by atoms with Gasteiger partial charge in [-0.25, -0.2) is 0 Å². The maximum Gasteiger partial charge on any atom is 0.234 e. The van der Waals surface area contributed by atoms with Crippen molar-refractivity contribution in [2.45, 2.75) is 38.6 Å². The van der Waals surface area contributed by atoms with Crippen LogP contribution in [0.25, 0.3) is 0 Å². The highest BCUT2D eigenvalue weighted by atomic mass is 16.3. The van der Waals surface area contributed by atoms with Gasteiger partial charge in [-0.3, -0.25) is 4.79 Å². The van der Waals surface area contributed by atoms with E-state index < -0.39 is 0 Å². The Labute approximate surface area is 91.2 Å². The number of amides is 1. The minimum Gasteiger partial charge on any atom is -0.396 e. The SMILES string of the molecule is CCC(NCC1CCCC1CO)C(N)=O. The van der Waals surface area contributed by atoms with Crippen LogP contribution in [-0.4, -0.2) is 30.2 Å². The molecule has 4 nitrogen and oxygen atoms in total. The van der Waals surface area contributed by atoms with Gasteiger partial charge in [0, 0.05) is 6.61 Å². The molecule has 1 aliphatic rings. The molecule has 4 heteroatoms. The number of hydrogen-bond donors (Lipinski definition) is 3. The van der Waals surface area contributed by atoms with Gasteiger partial charge in [0.25, 0.3) is 0 Å². The zero-order chi connectivity index (χ0) is 11.3. The predicted molar refractivity (Wildman–Crippen MR) is 59.2 cm³/mol. The summed E-state index contributed by atoms with van der Waals surface area (Å²) >= 11 is 0. The molecule has 0 radical (unpaired) electrons. The quantitative estimate of drug-likeness (QED) is 0.593. The van der Waals surface area contributed by atoms with E-state index >= 15 is 0 Å². The van der Waals surface area contributed by atoms with Gasteiger partial charge in [-0.1, -0.05) is 13.3 Å². The summed E-state index contributed by atoms with van der Waals surface area (Å²) in [5, 5.41) is 12.3. The maximum absolute atomic E-state index is 11.0. The van der Waals surface area contributed by atoms with Crippen molar-refractivity contribution < 1.29 is 9.90 Å². The minimum absolute atomic E-state index is 0.218. The molecule has 1 aliphatic carbocycles. The molecule has 88 valence electrons. The number of hydrogen-bond acceptors (Lipinski definition) is 3. The van der Waals surface area contributed by atoms with E-state index in [9.17, 15) is 4.79 Å². The Hall–Kier alpha value is -0.610. The van der Waals surface area contributed by atoms with Gasteiger partial charge in [0.2, 0.25) is 5.91 Å². The molecule has 4 N–H and O–H groups in total. The number of aliphatic hydroxyl groups is 1. The molecule has 3 unspecified atom stereocenters. The second-order valence-corrected chi connectivity index (χ2v) is 4.41. The standard InChI is InChI=1S/C11H22N2O2/c1-2-10(11(12)15)13-6-8-4-3-5-9(8)7-14/h8-10,13-14H,2-7H2,1H3,(H2,12,15). The van der Waals surface area contributed by atoms with Gasteiger partial charge in [0.15, 0.2) is 0 Å². The van der Waals surface area contributed by atoms with E-state index in [0.717, 1.165) is 25.8 Å². The highest BCUT2D eigenvalue weighted by Crippen LogP contribution is 2.30. The number of nitrogens with two attached hydrogens (primary N) is 1. The van der Waals surface area contributed by atoms with Crippen molar-refractivity contribution in [2.24, 2.45) is 17.6 Å². The van der Waals surface area contributed by atoms with Crippen LogP contribution in [0.1, 0.15) is 32.6 Å². The summed E-state index contributed by atoms with van der Waals surface area (Å²) in [6.45, 7) is 3.01. The number of rotatable bonds is 6. The summed E-state index contributed by atoms with van der Waals surface area (Å²) in [6.07, 6.45) is 4.17. The molecule has 1 amide bonds. The Kier molecular flexibility index (Phi) is 5.05. The summed E-state index contributed by atoms with van der Waals surface area (Å²) < 4.78 is 0. The molecule has 0 aromatic carbocycles. The normalized spacial score (nSPS) is 27.9. The molecule has 1 rings (SSSR count). The number of primary amides is 1. The first-order valence-electron chi connectivity index (χ1n) is 5.82. The van der Waals surface area contributed by atoms with Gasteiger partial charge < -0.3 is 16.2 Å². The number of nitrogens with one attached hydrogen (secondary N) is 1. The molecule has 0 spiro atoms. The highest BCUT2D eigenvalue weighted by molar-refractivity contribution is 5.79. The van der Waals surface area contributed by atoms with Crippen molar-refractivity contribution >= 4 is 5.91 Å². The lowest BCUT2D eigenvalue weighted by Crippen LogP contribution is -2.43. The first kappa shape index (κ1) is 12.5. The Morgan fingerprint density at radius 3 is 2.73 bits per heavy atom. The van der Waals surface area contributed by atoms with E-state index in [-0.39, 0.29) is 18.6 Å². The van der Waals surface area contributed by atoms with Gasteiger partial charge in [-0.2, -0.15) is 0 Å². The van der Waals surface area contributed by atoms with Gasteiger partial charge in [0.05, 0.1) is 6.04 Å².